The zero-order valence-corrected chi connectivity index (χ0v) is 10.7. The highest BCUT2D eigenvalue weighted by atomic mass is 32.2. The molecule has 98 valence electrons. The van der Waals surface area contributed by atoms with Gasteiger partial charge in [0.15, 0.2) is 9.84 Å². The van der Waals surface area contributed by atoms with Gasteiger partial charge >= 0.3 is 5.97 Å². The minimum Gasteiger partial charge on any atom is -0.481 e. The summed E-state index contributed by atoms with van der Waals surface area (Å²) in [5.41, 5.74) is 6.75. The fourth-order valence-electron chi connectivity index (χ4n) is 2.08. The van der Waals surface area contributed by atoms with Crippen LogP contribution >= 0.6 is 0 Å². The second kappa shape index (κ2) is 4.37. The Morgan fingerprint density at radius 1 is 1.39 bits per heavy atom. The number of carboxylic acids is 1. The van der Waals surface area contributed by atoms with Crippen LogP contribution in [0, 0.1) is 11.8 Å². The van der Waals surface area contributed by atoms with Gasteiger partial charge in [-0.2, -0.15) is 0 Å². The van der Waals surface area contributed by atoms with Crippen molar-refractivity contribution in [2.45, 2.75) is 17.4 Å². The molecule has 2 rings (SSSR count). The smallest absolute Gasteiger partial charge is 0.306 e. The SMILES string of the molecule is CS(=O)(=O)c1ccc(C(N)C2CC2C(=O)O)cc1. The van der Waals surface area contributed by atoms with E-state index in [1.807, 2.05) is 0 Å². The number of hydrogen-bond acceptors (Lipinski definition) is 4. The molecule has 3 unspecified atom stereocenters. The number of benzene rings is 1. The summed E-state index contributed by atoms with van der Waals surface area (Å²) >= 11 is 0. The minimum atomic E-state index is -3.21. The maximum atomic E-state index is 11.3. The van der Waals surface area contributed by atoms with Crippen LogP contribution < -0.4 is 5.73 Å². The number of nitrogens with two attached hydrogens (primary N) is 1. The van der Waals surface area contributed by atoms with Crippen molar-refractivity contribution in [1.82, 2.24) is 0 Å². The Hall–Kier alpha value is -1.40. The average Bonchev–Trinajstić information content (AvgIpc) is 3.07. The highest BCUT2D eigenvalue weighted by Crippen LogP contribution is 2.46. The van der Waals surface area contributed by atoms with Crippen LogP contribution in [0.1, 0.15) is 18.0 Å². The summed E-state index contributed by atoms with van der Waals surface area (Å²) in [6.07, 6.45) is 1.73. The average molecular weight is 269 g/mol. The molecule has 0 spiro atoms. The Bertz CT molecular complexity index is 564. The molecule has 0 amide bonds. The minimum absolute atomic E-state index is 0.0495. The summed E-state index contributed by atoms with van der Waals surface area (Å²) in [5.74, 6) is -1.23. The van der Waals surface area contributed by atoms with E-state index in [2.05, 4.69) is 0 Å². The van der Waals surface area contributed by atoms with Gasteiger partial charge in [-0.1, -0.05) is 12.1 Å². The van der Waals surface area contributed by atoms with Gasteiger partial charge in [0.25, 0.3) is 0 Å². The maximum absolute atomic E-state index is 11.3. The van der Waals surface area contributed by atoms with E-state index in [1.54, 1.807) is 12.1 Å². The Morgan fingerprint density at radius 2 is 1.94 bits per heavy atom. The van der Waals surface area contributed by atoms with Crippen LogP contribution in [-0.4, -0.2) is 25.7 Å². The molecule has 1 saturated carbocycles. The van der Waals surface area contributed by atoms with Gasteiger partial charge in [-0.25, -0.2) is 8.42 Å². The molecule has 1 aromatic rings. The maximum Gasteiger partial charge on any atom is 0.306 e. The lowest BCUT2D eigenvalue weighted by Crippen LogP contribution is -2.15. The molecule has 5 nitrogen and oxygen atoms in total. The monoisotopic (exact) mass is 269 g/mol. The summed E-state index contributed by atoms with van der Waals surface area (Å²) < 4.78 is 22.6. The third-order valence-electron chi connectivity index (χ3n) is 3.31. The predicted molar refractivity (Wildman–Crippen MR) is 65.7 cm³/mol. The molecule has 0 bridgehead atoms. The second-order valence-corrected chi connectivity index (χ2v) is 6.73. The van der Waals surface area contributed by atoms with Crippen molar-refractivity contribution >= 4 is 15.8 Å². The lowest BCUT2D eigenvalue weighted by atomic mass is 10.0. The summed E-state index contributed by atoms with van der Waals surface area (Å²) in [5, 5.41) is 8.84. The van der Waals surface area contributed by atoms with E-state index in [9.17, 15) is 13.2 Å². The molecule has 0 aromatic heterocycles. The molecule has 0 radical (unpaired) electrons. The topological polar surface area (TPSA) is 97.5 Å². The molecular formula is C12H15NO4S. The first-order chi connectivity index (χ1) is 8.30. The quantitative estimate of drug-likeness (QED) is 0.843. The molecule has 0 saturated heterocycles. The molecule has 1 aliphatic rings. The van der Waals surface area contributed by atoms with E-state index >= 15 is 0 Å². The van der Waals surface area contributed by atoms with Gasteiger partial charge in [0.1, 0.15) is 0 Å². The molecular weight excluding hydrogens is 254 g/mol. The van der Waals surface area contributed by atoms with Crippen LogP contribution in [-0.2, 0) is 14.6 Å². The third kappa shape index (κ3) is 2.54. The van der Waals surface area contributed by atoms with Crippen molar-refractivity contribution in [3.8, 4) is 0 Å². The Kier molecular flexibility index (Phi) is 3.16. The van der Waals surface area contributed by atoms with Crippen LogP contribution in [0.3, 0.4) is 0 Å². The Morgan fingerprint density at radius 3 is 2.33 bits per heavy atom. The van der Waals surface area contributed by atoms with Crippen molar-refractivity contribution in [3.05, 3.63) is 29.8 Å². The number of carboxylic acid groups (broad SMARTS) is 1. The second-order valence-electron chi connectivity index (χ2n) is 4.71. The highest BCUT2D eigenvalue weighted by Gasteiger charge is 2.47. The Balaban J connectivity index is 2.14. The molecule has 1 aliphatic carbocycles. The van der Waals surface area contributed by atoms with Gasteiger partial charge in [0.05, 0.1) is 10.8 Å². The summed E-state index contributed by atoms with van der Waals surface area (Å²) in [6, 6.07) is 5.96. The molecule has 1 aromatic carbocycles. The first kappa shape index (κ1) is 13.0. The van der Waals surface area contributed by atoms with Gasteiger partial charge in [0, 0.05) is 12.3 Å². The zero-order valence-electron chi connectivity index (χ0n) is 9.91. The van der Waals surface area contributed by atoms with Gasteiger partial charge in [-0.3, -0.25) is 4.79 Å². The molecule has 3 atom stereocenters. The first-order valence-corrected chi connectivity index (χ1v) is 7.48. The van der Waals surface area contributed by atoms with E-state index in [0.29, 0.717) is 6.42 Å². The largest absolute Gasteiger partial charge is 0.481 e. The lowest BCUT2D eigenvalue weighted by molar-refractivity contribution is -0.138. The molecule has 1 fully saturated rings. The van der Waals surface area contributed by atoms with E-state index in [-0.39, 0.29) is 22.8 Å². The number of hydrogen-bond donors (Lipinski definition) is 2. The van der Waals surface area contributed by atoms with Gasteiger partial charge in [-0.05, 0) is 30.0 Å². The molecule has 0 aliphatic heterocycles. The van der Waals surface area contributed by atoms with Crippen molar-refractivity contribution in [2.75, 3.05) is 6.26 Å². The number of sulfone groups is 1. The van der Waals surface area contributed by atoms with Crippen molar-refractivity contribution in [3.63, 3.8) is 0 Å². The summed E-state index contributed by atoms with van der Waals surface area (Å²) in [4.78, 5) is 11.0. The number of rotatable bonds is 4. The molecule has 3 N–H and O–H groups in total. The van der Waals surface area contributed by atoms with Crippen LogP contribution in [0.25, 0.3) is 0 Å². The normalized spacial score (nSPS) is 24.6. The van der Waals surface area contributed by atoms with Crippen LogP contribution in [0.5, 0.6) is 0 Å². The number of carbonyl (C=O) groups is 1. The van der Waals surface area contributed by atoms with Gasteiger partial charge in [-0.15, -0.1) is 0 Å². The van der Waals surface area contributed by atoms with Crippen molar-refractivity contribution in [2.24, 2.45) is 17.6 Å². The zero-order chi connectivity index (χ0) is 13.5. The Labute approximate surface area is 106 Å². The van der Waals surface area contributed by atoms with Crippen molar-refractivity contribution in [1.29, 1.82) is 0 Å². The molecule has 6 heteroatoms. The molecule has 18 heavy (non-hydrogen) atoms. The van der Waals surface area contributed by atoms with Crippen molar-refractivity contribution < 1.29 is 18.3 Å². The predicted octanol–water partition coefficient (Wildman–Crippen LogP) is 0.811. The standard InChI is InChI=1S/C12H15NO4S/c1-18(16,17)8-4-2-7(3-5-8)11(13)9-6-10(9)12(14)15/h2-5,9-11H,6,13H2,1H3,(H,14,15). The summed E-state index contributed by atoms with van der Waals surface area (Å²) in [7, 11) is -3.21. The van der Waals surface area contributed by atoms with Gasteiger partial charge in [0.2, 0.25) is 0 Å². The number of aliphatic carboxylic acids is 1. The first-order valence-electron chi connectivity index (χ1n) is 5.59. The molecule has 0 heterocycles. The highest BCUT2D eigenvalue weighted by molar-refractivity contribution is 7.90. The van der Waals surface area contributed by atoms with Crippen LogP contribution in [0.15, 0.2) is 29.2 Å². The van der Waals surface area contributed by atoms with Crippen LogP contribution in [0.4, 0.5) is 0 Å². The van der Waals surface area contributed by atoms with Crippen LogP contribution in [0.2, 0.25) is 0 Å². The fourth-order valence-corrected chi connectivity index (χ4v) is 2.71. The fraction of sp³-hybridized carbons (Fsp3) is 0.417. The van der Waals surface area contributed by atoms with Gasteiger partial charge < -0.3 is 10.8 Å². The van der Waals surface area contributed by atoms with E-state index in [4.69, 9.17) is 10.8 Å². The van der Waals surface area contributed by atoms with E-state index in [0.717, 1.165) is 11.8 Å². The van der Waals surface area contributed by atoms with E-state index < -0.39 is 15.8 Å². The third-order valence-corrected chi connectivity index (χ3v) is 4.44. The van der Waals surface area contributed by atoms with E-state index in [1.165, 1.54) is 12.1 Å². The lowest BCUT2D eigenvalue weighted by Gasteiger charge is -2.11. The summed E-state index contributed by atoms with van der Waals surface area (Å²) in [6.45, 7) is 0.